The first-order chi connectivity index (χ1) is 18.8. The summed E-state index contributed by atoms with van der Waals surface area (Å²) in [6.45, 7) is 4.68. The van der Waals surface area contributed by atoms with Crippen molar-refractivity contribution in [3.63, 3.8) is 0 Å². The van der Waals surface area contributed by atoms with Gasteiger partial charge < -0.3 is 0 Å². The van der Waals surface area contributed by atoms with Gasteiger partial charge >= 0.3 is 241 Å². The van der Waals surface area contributed by atoms with E-state index < -0.39 is 34.6 Å². The van der Waals surface area contributed by atoms with Gasteiger partial charge in [-0.2, -0.15) is 0 Å². The monoisotopic (exact) mass is 626 g/mol. The molecule has 0 amide bonds. The Bertz CT molecular complexity index is 1080. The van der Waals surface area contributed by atoms with Crippen molar-refractivity contribution in [2.24, 2.45) is 0 Å². The Morgan fingerprint density at radius 2 is 0.921 bits per heavy atom. The van der Waals surface area contributed by atoms with Gasteiger partial charge in [-0.15, -0.1) is 0 Å². The molecule has 38 heavy (non-hydrogen) atoms. The van der Waals surface area contributed by atoms with Crippen molar-refractivity contribution in [1.82, 2.24) is 0 Å². The Balaban J connectivity index is 1.81. The van der Waals surface area contributed by atoms with Crippen LogP contribution in [0.2, 0.25) is 15.8 Å². The Labute approximate surface area is 240 Å². The van der Waals surface area contributed by atoms with E-state index in [2.05, 4.69) is 135 Å². The van der Waals surface area contributed by atoms with Crippen LogP contribution in [0.25, 0.3) is 0 Å². The normalized spacial score (nSPS) is 11.8. The van der Waals surface area contributed by atoms with Gasteiger partial charge in [0.1, 0.15) is 0 Å². The summed E-state index contributed by atoms with van der Waals surface area (Å²) in [7, 11) is 0. The number of hydrogen-bond acceptors (Lipinski definition) is 1. The molecule has 0 fully saturated rings. The van der Waals surface area contributed by atoms with Crippen LogP contribution >= 0.6 is 0 Å². The van der Waals surface area contributed by atoms with Gasteiger partial charge in [0.2, 0.25) is 0 Å². The van der Waals surface area contributed by atoms with E-state index in [1.165, 1.54) is 61.4 Å². The van der Waals surface area contributed by atoms with Crippen LogP contribution in [0.15, 0.2) is 121 Å². The summed E-state index contributed by atoms with van der Waals surface area (Å²) in [5.41, 5.74) is 2.15. The first kappa shape index (κ1) is 28.9. The van der Waals surface area contributed by atoms with E-state index in [-0.39, 0.29) is 0 Å². The molecule has 0 unspecified atom stereocenters. The Hall–Kier alpha value is -2.07. The van der Waals surface area contributed by atoms with Crippen molar-refractivity contribution in [2.75, 3.05) is 0 Å². The number of hydrogen-bond donors (Lipinski definition) is 0. The van der Waals surface area contributed by atoms with Crippen LogP contribution in [0.3, 0.4) is 0 Å². The van der Waals surface area contributed by atoms with Gasteiger partial charge in [0.05, 0.1) is 0 Å². The van der Waals surface area contributed by atoms with Crippen molar-refractivity contribution in [3.05, 3.63) is 132 Å². The minimum atomic E-state index is -2.37. The molecule has 0 aliphatic carbocycles. The van der Waals surface area contributed by atoms with Crippen LogP contribution in [0.5, 0.6) is 0 Å². The predicted molar refractivity (Wildman–Crippen MR) is 167 cm³/mol. The van der Waals surface area contributed by atoms with Crippen molar-refractivity contribution >= 4 is 37.8 Å². The molecule has 4 aromatic carbocycles. The summed E-state index contributed by atoms with van der Waals surface area (Å²) >= 11 is -3.56. The number of unbranched alkanes of at least 4 members (excludes halogenated alkanes) is 2. The molecule has 196 valence electrons. The summed E-state index contributed by atoms with van der Waals surface area (Å²) < 4.78 is 10.5. The Morgan fingerprint density at radius 1 is 0.526 bits per heavy atom. The molecule has 0 heterocycles. The maximum absolute atomic E-state index is 7.74. The van der Waals surface area contributed by atoms with E-state index in [0.717, 1.165) is 6.42 Å². The van der Waals surface area contributed by atoms with Crippen LogP contribution in [-0.4, -0.2) is 29.0 Å². The Kier molecular flexibility index (Phi) is 11.8. The molecule has 4 rings (SSSR count). The minimum absolute atomic E-state index is 0.444. The predicted octanol–water partition coefficient (Wildman–Crippen LogP) is 8.24. The summed E-state index contributed by atoms with van der Waals surface area (Å²) in [6, 6.07) is 44.3. The molecule has 0 aromatic heterocycles. The van der Waals surface area contributed by atoms with E-state index in [1.54, 1.807) is 0 Å². The van der Waals surface area contributed by atoms with Gasteiger partial charge in [-0.25, -0.2) is 0 Å². The molecule has 2 radical (unpaired) electrons. The van der Waals surface area contributed by atoms with E-state index in [9.17, 15) is 0 Å². The van der Waals surface area contributed by atoms with Crippen molar-refractivity contribution in [3.8, 4) is 0 Å². The number of rotatable bonds is 15. The third kappa shape index (κ3) is 7.74. The second-order valence-electron chi connectivity index (χ2n) is 10.2. The topological polar surface area (TPSA) is 9.23 Å². The molecule has 0 saturated heterocycles. The van der Waals surface area contributed by atoms with Gasteiger partial charge in [0.25, 0.3) is 0 Å². The van der Waals surface area contributed by atoms with Crippen LogP contribution in [0, 0.1) is 0 Å². The van der Waals surface area contributed by atoms with E-state index in [1.807, 2.05) is 0 Å². The van der Waals surface area contributed by atoms with Crippen LogP contribution < -0.4 is 8.79 Å². The van der Waals surface area contributed by atoms with Crippen molar-refractivity contribution in [1.29, 1.82) is 0 Å². The molecule has 1 nitrogen and oxygen atoms in total. The fraction of sp³-hybridized carbons (Fsp3) is 0.314. The van der Waals surface area contributed by atoms with Gasteiger partial charge in [-0.1, -0.05) is 0 Å². The molecular weight excluding hydrogens is 582 g/mol. The molecular formula is C35H42Ge2O. The fourth-order valence-electron chi connectivity index (χ4n) is 5.26. The molecule has 0 aliphatic rings. The van der Waals surface area contributed by atoms with Crippen LogP contribution in [0.1, 0.15) is 57.1 Å². The van der Waals surface area contributed by atoms with E-state index in [4.69, 9.17) is 3.76 Å². The summed E-state index contributed by atoms with van der Waals surface area (Å²) in [5, 5.41) is 4.31. The third-order valence-corrected chi connectivity index (χ3v) is 18.6. The van der Waals surface area contributed by atoms with E-state index in [0.29, 0.717) is 0 Å². The second-order valence-corrected chi connectivity index (χ2v) is 20.7. The van der Waals surface area contributed by atoms with Gasteiger partial charge in [-0.3, -0.25) is 0 Å². The summed E-state index contributed by atoms with van der Waals surface area (Å²) in [5.74, 6) is 0. The van der Waals surface area contributed by atoms with E-state index >= 15 is 0 Å². The first-order valence-corrected chi connectivity index (χ1v) is 21.8. The zero-order valence-electron chi connectivity index (χ0n) is 23.1. The molecule has 0 bridgehead atoms. The van der Waals surface area contributed by atoms with Crippen molar-refractivity contribution < 1.29 is 3.76 Å². The van der Waals surface area contributed by atoms with Crippen molar-refractivity contribution in [2.45, 2.75) is 67.3 Å². The maximum atomic E-state index is 7.74. The molecule has 0 saturated carbocycles. The second kappa shape index (κ2) is 15.5. The molecule has 0 N–H and O–H groups in total. The van der Waals surface area contributed by atoms with Crippen LogP contribution in [0.4, 0.5) is 0 Å². The third-order valence-electron chi connectivity index (χ3n) is 7.43. The zero-order valence-corrected chi connectivity index (χ0v) is 27.3. The molecule has 0 spiro atoms. The molecule has 0 atom stereocenters. The van der Waals surface area contributed by atoms with Gasteiger partial charge in [0, 0.05) is 0 Å². The first-order valence-electron chi connectivity index (χ1n) is 14.4. The summed E-state index contributed by atoms with van der Waals surface area (Å²) in [4.78, 5) is 0. The molecule has 3 heteroatoms. The SMILES string of the molecule is CCC[CH2][Ge]([CH2]CCC)[CH2]CC([O][Ge]([c]1ccccc1)[c]1ccccc1)(c1ccccc1)c1ccccc1. The average Bonchev–Trinajstić information content (AvgIpc) is 3.00. The molecule has 0 aliphatic heterocycles. The average molecular weight is 624 g/mol. The molecule has 4 aromatic rings. The van der Waals surface area contributed by atoms with Gasteiger partial charge in [-0.05, 0) is 0 Å². The summed E-state index contributed by atoms with van der Waals surface area (Å²) in [6.07, 6.45) is 6.45. The standard InChI is InChI=1S/C35H42Ge2O/c1-3-5-28-36(29-6-4-2)30-27-35(31-19-11-7-12-20-31,32-21-13-8-14-22-32)38-37(33-23-15-9-16-24-33)34-25-17-10-18-26-34/h7-26H,3-6,27-30H2,1-2H3. The van der Waals surface area contributed by atoms with Crippen LogP contribution in [-0.2, 0) is 9.36 Å². The number of benzene rings is 4. The fourth-order valence-corrected chi connectivity index (χ4v) is 16.6. The zero-order chi connectivity index (χ0) is 26.5. The Morgan fingerprint density at radius 3 is 1.32 bits per heavy atom. The quantitative estimate of drug-likeness (QED) is 0.121. The van der Waals surface area contributed by atoms with Gasteiger partial charge in [0.15, 0.2) is 0 Å².